The highest BCUT2D eigenvalue weighted by Crippen LogP contribution is 2.27. The van der Waals surface area contributed by atoms with Crippen LogP contribution in [0.1, 0.15) is 5.69 Å². The molecule has 4 heteroatoms. The van der Waals surface area contributed by atoms with Gasteiger partial charge in [-0.05, 0) is 37.3 Å². The molecular formula is C12H11BrN2O. The molecule has 0 aliphatic carbocycles. The maximum atomic E-state index is 5.78. The quantitative estimate of drug-likeness (QED) is 0.914. The maximum Gasteiger partial charge on any atom is 0.242 e. The van der Waals surface area contributed by atoms with Crippen LogP contribution in [0.4, 0.5) is 5.69 Å². The third-order valence-corrected chi connectivity index (χ3v) is 2.53. The number of pyridine rings is 1. The number of aromatic nitrogens is 1. The SMILES string of the molecule is Cc1ccc(N)c(Oc2cccc(Br)c2)n1. The van der Waals surface area contributed by atoms with Gasteiger partial charge >= 0.3 is 0 Å². The molecule has 0 radical (unpaired) electrons. The Balaban J connectivity index is 2.30. The monoisotopic (exact) mass is 278 g/mol. The molecule has 3 nitrogen and oxygen atoms in total. The van der Waals surface area contributed by atoms with Crippen molar-refractivity contribution in [2.75, 3.05) is 5.73 Å². The summed E-state index contributed by atoms with van der Waals surface area (Å²) in [7, 11) is 0. The van der Waals surface area contributed by atoms with Crippen LogP contribution >= 0.6 is 15.9 Å². The standard InChI is InChI=1S/C12H11BrN2O/c1-8-5-6-11(14)12(15-8)16-10-4-2-3-9(13)7-10/h2-7H,14H2,1H3. The van der Waals surface area contributed by atoms with E-state index in [4.69, 9.17) is 10.5 Å². The number of halogens is 1. The first-order valence-corrected chi connectivity index (χ1v) is 5.61. The highest BCUT2D eigenvalue weighted by molar-refractivity contribution is 9.10. The molecule has 16 heavy (non-hydrogen) atoms. The van der Waals surface area contributed by atoms with Crippen LogP contribution in [0.3, 0.4) is 0 Å². The van der Waals surface area contributed by atoms with Crippen LogP contribution in [-0.2, 0) is 0 Å². The molecule has 1 aromatic carbocycles. The van der Waals surface area contributed by atoms with Crippen LogP contribution in [0, 0.1) is 6.92 Å². The van der Waals surface area contributed by atoms with Gasteiger partial charge in [0.25, 0.3) is 0 Å². The minimum absolute atomic E-state index is 0.443. The van der Waals surface area contributed by atoms with Gasteiger partial charge in [0.1, 0.15) is 5.75 Å². The predicted molar refractivity (Wildman–Crippen MR) is 67.6 cm³/mol. The molecule has 0 spiro atoms. The number of nitrogens with zero attached hydrogens (tertiary/aromatic N) is 1. The van der Waals surface area contributed by atoms with E-state index in [-0.39, 0.29) is 0 Å². The van der Waals surface area contributed by atoms with Gasteiger partial charge in [0.05, 0.1) is 5.69 Å². The molecule has 2 aromatic rings. The topological polar surface area (TPSA) is 48.1 Å². The molecule has 1 aromatic heterocycles. The number of hydrogen-bond acceptors (Lipinski definition) is 3. The Morgan fingerprint density at radius 3 is 2.81 bits per heavy atom. The van der Waals surface area contributed by atoms with Gasteiger partial charge in [-0.2, -0.15) is 0 Å². The Labute approximate surface area is 102 Å². The molecule has 0 fully saturated rings. The summed E-state index contributed by atoms with van der Waals surface area (Å²) in [4.78, 5) is 4.24. The van der Waals surface area contributed by atoms with E-state index < -0.39 is 0 Å². The van der Waals surface area contributed by atoms with E-state index in [0.717, 1.165) is 10.2 Å². The second-order valence-electron chi connectivity index (χ2n) is 3.41. The fourth-order valence-electron chi connectivity index (χ4n) is 1.27. The number of hydrogen-bond donors (Lipinski definition) is 1. The Bertz CT molecular complexity index is 514. The van der Waals surface area contributed by atoms with E-state index in [9.17, 15) is 0 Å². The van der Waals surface area contributed by atoms with Gasteiger partial charge in [-0.15, -0.1) is 0 Å². The second kappa shape index (κ2) is 4.53. The van der Waals surface area contributed by atoms with Crippen LogP contribution < -0.4 is 10.5 Å². The first-order valence-electron chi connectivity index (χ1n) is 4.82. The molecule has 0 unspecified atom stereocenters. The van der Waals surface area contributed by atoms with Gasteiger partial charge < -0.3 is 10.5 Å². The van der Waals surface area contributed by atoms with Crippen molar-refractivity contribution in [3.63, 3.8) is 0 Å². The van der Waals surface area contributed by atoms with Crippen molar-refractivity contribution in [1.29, 1.82) is 0 Å². The van der Waals surface area contributed by atoms with Crippen molar-refractivity contribution in [2.45, 2.75) is 6.92 Å². The summed E-state index contributed by atoms with van der Waals surface area (Å²) >= 11 is 3.38. The van der Waals surface area contributed by atoms with Gasteiger partial charge in [0.15, 0.2) is 0 Å². The zero-order valence-corrected chi connectivity index (χ0v) is 10.4. The van der Waals surface area contributed by atoms with E-state index >= 15 is 0 Å². The maximum absolute atomic E-state index is 5.78. The van der Waals surface area contributed by atoms with Crippen LogP contribution in [0.15, 0.2) is 40.9 Å². The predicted octanol–water partition coefficient (Wildman–Crippen LogP) is 3.53. The van der Waals surface area contributed by atoms with Crippen molar-refractivity contribution < 1.29 is 4.74 Å². The Morgan fingerprint density at radius 2 is 2.06 bits per heavy atom. The summed E-state index contributed by atoms with van der Waals surface area (Å²) < 4.78 is 6.56. The number of aryl methyl sites for hydroxylation is 1. The van der Waals surface area contributed by atoms with Crippen molar-refractivity contribution in [1.82, 2.24) is 4.98 Å². The average Bonchev–Trinajstić information content (AvgIpc) is 2.24. The van der Waals surface area contributed by atoms with Gasteiger partial charge in [0, 0.05) is 10.2 Å². The zero-order valence-electron chi connectivity index (χ0n) is 8.77. The summed E-state index contributed by atoms with van der Waals surface area (Å²) in [6, 6.07) is 11.2. The Morgan fingerprint density at radius 1 is 1.25 bits per heavy atom. The number of nitrogen functional groups attached to an aromatic ring is 1. The van der Waals surface area contributed by atoms with Crippen LogP contribution in [0.2, 0.25) is 0 Å². The van der Waals surface area contributed by atoms with Crippen LogP contribution in [0.5, 0.6) is 11.6 Å². The van der Waals surface area contributed by atoms with E-state index in [1.165, 1.54) is 0 Å². The van der Waals surface area contributed by atoms with Crippen molar-refractivity contribution in [3.8, 4) is 11.6 Å². The van der Waals surface area contributed by atoms with E-state index in [1.54, 1.807) is 6.07 Å². The van der Waals surface area contributed by atoms with Crippen LogP contribution in [-0.4, -0.2) is 4.98 Å². The van der Waals surface area contributed by atoms with Crippen molar-refractivity contribution in [2.24, 2.45) is 0 Å². The molecule has 0 amide bonds. The lowest BCUT2D eigenvalue weighted by atomic mass is 10.3. The Hall–Kier alpha value is -1.55. The lowest BCUT2D eigenvalue weighted by Crippen LogP contribution is -1.96. The largest absolute Gasteiger partial charge is 0.437 e. The molecule has 2 rings (SSSR count). The number of nitrogens with two attached hydrogens (primary N) is 1. The number of benzene rings is 1. The summed E-state index contributed by atoms with van der Waals surface area (Å²) in [5, 5.41) is 0. The fraction of sp³-hybridized carbons (Fsp3) is 0.0833. The average molecular weight is 279 g/mol. The number of anilines is 1. The highest BCUT2D eigenvalue weighted by atomic mass is 79.9. The Kier molecular flexibility index (Phi) is 3.10. The van der Waals surface area contributed by atoms with E-state index in [1.807, 2.05) is 37.3 Å². The lowest BCUT2D eigenvalue weighted by molar-refractivity contribution is 0.464. The van der Waals surface area contributed by atoms with E-state index in [0.29, 0.717) is 17.3 Å². The molecule has 0 saturated carbocycles. The molecule has 0 bridgehead atoms. The van der Waals surface area contributed by atoms with Gasteiger partial charge in [-0.1, -0.05) is 22.0 Å². The van der Waals surface area contributed by atoms with E-state index in [2.05, 4.69) is 20.9 Å². The molecule has 0 saturated heterocycles. The highest BCUT2D eigenvalue weighted by Gasteiger charge is 2.04. The molecule has 82 valence electrons. The normalized spacial score (nSPS) is 10.1. The summed E-state index contributed by atoms with van der Waals surface area (Å²) in [5.41, 5.74) is 7.18. The number of rotatable bonds is 2. The van der Waals surface area contributed by atoms with Gasteiger partial charge in [0.2, 0.25) is 5.88 Å². The lowest BCUT2D eigenvalue weighted by Gasteiger charge is -2.08. The number of ether oxygens (including phenoxy) is 1. The first kappa shape index (κ1) is 11.0. The molecule has 0 aliphatic rings. The molecule has 1 heterocycles. The summed E-state index contributed by atoms with van der Waals surface area (Å²) in [6.07, 6.45) is 0. The van der Waals surface area contributed by atoms with Gasteiger partial charge in [-0.3, -0.25) is 0 Å². The summed E-state index contributed by atoms with van der Waals surface area (Å²) in [5.74, 6) is 1.15. The smallest absolute Gasteiger partial charge is 0.242 e. The second-order valence-corrected chi connectivity index (χ2v) is 4.32. The minimum Gasteiger partial charge on any atom is -0.437 e. The molecule has 2 N–H and O–H groups in total. The van der Waals surface area contributed by atoms with Crippen molar-refractivity contribution >= 4 is 21.6 Å². The molecule has 0 atom stereocenters. The third-order valence-electron chi connectivity index (χ3n) is 2.04. The molecule has 0 aliphatic heterocycles. The fourth-order valence-corrected chi connectivity index (χ4v) is 1.65. The summed E-state index contributed by atoms with van der Waals surface area (Å²) in [6.45, 7) is 1.90. The molecular weight excluding hydrogens is 268 g/mol. The third kappa shape index (κ3) is 2.52. The first-order chi connectivity index (χ1) is 7.65. The van der Waals surface area contributed by atoms with Gasteiger partial charge in [-0.25, -0.2) is 4.98 Å². The van der Waals surface area contributed by atoms with Crippen LogP contribution in [0.25, 0.3) is 0 Å². The zero-order chi connectivity index (χ0) is 11.5. The minimum atomic E-state index is 0.443. The van der Waals surface area contributed by atoms with Crippen molar-refractivity contribution in [3.05, 3.63) is 46.6 Å².